The Bertz CT molecular complexity index is 492. The fraction of sp³-hybridized carbons (Fsp3) is 0.273. The molecule has 0 radical (unpaired) electrons. The second kappa shape index (κ2) is 3.98. The summed E-state index contributed by atoms with van der Waals surface area (Å²) in [6.07, 6.45) is 2.38. The number of rotatable bonds is 3. The maximum atomic E-state index is 11.1. The van der Waals surface area contributed by atoms with Gasteiger partial charge in [-0.05, 0) is 23.5 Å². The Morgan fingerprint density at radius 2 is 2.40 bits per heavy atom. The molecule has 1 atom stereocenters. The summed E-state index contributed by atoms with van der Waals surface area (Å²) in [6.45, 7) is 1.89. The van der Waals surface area contributed by atoms with Crippen molar-refractivity contribution in [1.82, 2.24) is 4.37 Å². The summed E-state index contributed by atoms with van der Waals surface area (Å²) in [4.78, 5) is 11.1. The van der Waals surface area contributed by atoms with Gasteiger partial charge >= 0.3 is 5.97 Å². The standard InChI is InChI=1S/C11H11NO2S/c1-2-8(11(13)14)9-5-3-4-7-6-12-15-10(7)9/h3-6,8H,2H2,1H3,(H,13,14). The topological polar surface area (TPSA) is 50.2 Å². The molecule has 15 heavy (non-hydrogen) atoms. The molecule has 1 unspecified atom stereocenters. The Morgan fingerprint density at radius 1 is 1.60 bits per heavy atom. The first-order valence-corrected chi connectivity index (χ1v) is 5.57. The molecule has 0 bridgehead atoms. The summed E-state index contributed by atoms with van der Waals surface area (Å²) in [5.41, 5.74) is 0.880. The lowest BCUT2D eigenvalue weighted by molar-refractivity contribution is -0.138. The number of hydrogen-bond acceptors (Lipinski definition) is 3. The van der Waals surface area contributed by atoms with Gasteiger partial charge < -0.3 is 5.11 Å². The van der Waals surface area contributed by atoms with Crippen LogP contribution in [0.4, 0.5) is 0 Å². The van der Waals surface area contributed by atoms with Crippen LogP contribution in [-0.4, -0.2) is 15.4 Å². The predicted molar refractivity (Wildman–Crippen MR) is 60.3 cm³/mol. The van der Waals surface area contributed by atoms with Crippen LogP contribution in [-0.2, 0) is 4.79 Å². The van der Waals surface area contributed by atoms with Crippen molar-refractivity contribution in [1.29, 1.82) is 0 Å². The van der Waals surface area contributed by atoms with Crippen molar-refractivity contribution < 1.29 is 9.90 Å². The molecule has 3 nitrogen and oxygen atoms in total. The van der Waals surface area contributed by atoms with Gasteiger partial charge in [0, 0.05) is 11.6 Å². The van der Waals surface area contributed by atoms with Crippen molar-refractivity contribution in [2.24, 2.45) is 0 Å². The van der Waals surface area contributed by atoms with E-state index < -0.39 is 11.9 Å². The molecule has 0 aliphatic carbocycles. The molecule has 1 aromatic carbocycles. The van der Waals surface area contributed by atoms with Crippen molar-refractivity contribution in [3.05, 3.63) is 30.0 Å². The number of hydrogen-bond donors (Lipinski definition) is 1. The predicted octanol–water partition coefficient (Wildman–Crippen LogP) is 2.87. The number of carbonyl (C=O) groups is 1. The van der Waals surface area contributed by atoms with E-state index in [1.54, 1.807) is 6.20 Å². The van der Waals surface area contributed by atoms with Gasteiger partial charge in [-0.25, -0.2) is 0 Å². The van der Waals surface area contributed by atoms with Gasteiger partial charge in [0.25, 0.3) is 0 Å². The normalized spacial score (nSPS) is 12.9. The summed E-state index contributed by atoms with van der Waals surface area (Å²) in [5.74, 6) is -1.19. The van der Waals surface area contributed by atoms with E-state index >= 15 is 0 Å². The number of benzene rings is 1. The molecule has 4 heteroatoms. The van der Waals surface area contributed by atoms with E-state index in [0.717, 1.165) is 15.6 Å². The molecule has 0 spiro atoms. The monoisotopic (exact) mass is 221 g/mol. The van der Waals surface area contributed by atoms with Gasteiger partial charge in [0.2, 0.25) is 0 Å². The molecule has 2 aromatic rings. The van der Waals surface area contributed by atoms with E-state index in [2.05, 4.69) is 4.37 Å². The van der Waals surface area contributed by atoms with Crippen LogP contribution < -0.4 is 0 Å². The quantitative estimate of drug-likeness (QED) is 0.867. The average molecular weight is 221 g/mol. The lowest BCUT2D eigenvalue weighted by atomic mass is 9.96. The van der Waals surface area contributed by atoms with Crippen LogP contribution in [0.15, 0.2) is 24.4 Å². The van der Waals surface area contributed by atoms with Crippen LogP contribution in [0.5, 0.6) is 0 Å². The minimum absolute atomic E-state index is 0.422. The van der Waals surface area contributed by atoms with Crippen LogP contribution in [0.1, 0.15) is 24.8 Å². The smallest absolute Gasteiger partial charge is 0.311 e. The summed E-state index contributed by atoms with van der Waals surface area (Å²) >= 11 is 1.36. The third-order valence-electron chi connectivity index (χ3n) is 2.49. The van der Waals surface area contributed by atoms with Gasteiger partial charge in [-0.2, -0.15) is 4.37 Å². The largest absolute Gasteiger partial charge is 0.481 e. The number of aliphatic carboxylic acids is 1. The van der Waals surface area contributed by atoms with Crippen LogP contribution in [0.2, 0.25) is 0 Å². The van der Waals surface area contributed by atoms with Crippen LogP contribution in [0.3, 0.4) is 0 Å². The number of carboxylic acid groups (broad SMARTS) is 1. The van der Waals surface area contributed by atoms with Gasteiger partial charge in [0.05, 0.1) is 10.6 Å². The molecule has 2 rings (SSSR count). The van der Waals surface area contributed by atoms with E-state index in [0.29, 0.717) is 6.42 Å². The number of carboxylic acids is 1. The fourth-order valence-electron chi connectivity index (χ4n) is 1.72. The molecule has 1 N–H and O–H groups in total. The molecule has 0 aliphatic heterocycles. The Labute approximate surface area is 91.5 Å². The Balaban J connectivity index is 2.59. The number of aromatic nitrogens is 1. The van der Waals surface area contributed by atoms with Gasteiger partial charge in [-0.3, -0.25) is 4.79 Å². The fourth-order valence-corrected chi connectivity index (χ4v) is 2.53. The van der Waals surface area contributed by atoms with Crippen molar-refractivity contribution >= 4 is 27.6 Å². The zero-order valence-electron chi connectivity index (χ0n) is 8.30. The summed E-state index contributed by atoms with van der Waals surface area (Å²) in [5, 5.41) is 10.1. The van der Waals surface area contributed by atoms with E-state index in [4.69, 9.17) is 5.11 Å². The Hall–Kier alpha value is -1.42. The van der Waals surface area contributed by atoms with Gasteiger partial charge in [-0.15, -0.1) is 0 Å². The lowest BCUT2D eigenvalue weighted by Crippen LogP contribution is -2.10. The molecule has 78 valence electrons. The van der Waals surface area contributed by atoms with Gasteiger partial charge in [0.15, 0.2) is 0 Å². The Morgan fingerprint density at radius 3 is 3.07 bits per heavy atom. The highest BCUT2D eigenvalue weighted by Crippen LogP contribution is 2.30. The van der Waals surface area contributed by atoms with Crippen molar-refractivity contribution in [2.75, 3.05) is 0 Å². The zero-order valence-corrected chi connectivity index (χ0v) is 9.12. The molecular formula is C11H11NO2S. The minimum atomic E-state index is -0.765. The van der Waals surface area contributed by atoms with Crippen LogP contribution in [0, 0.1) is 0 Å². The molecule has 0 fully saturated rings. The van der Waals surface area contributed by atoms with Crippen LogP contribution in [0.25, 0.3) is 10.1 Å². The van der Waals surface area contributed by atoms with Crippen molar-refractivity contribution in [3.8, 4) is 0 Å². The van der Waals surface area contributed by atoms with E-state index in [1.165, 1.54) is 11.5 Å². The van der Waals surface area contributed by atoms with E-state index in [1.807, 2.05) is 25.1 Å². The highest BCUT2D eigenvalue weighted by Gasteiger charge is 2.20. The molecule has 1 aromatic heterocycles. The minimum Gasteiger partial charge on any atom is -0.481 e. The first kappa shape index (κ1) is 10.1. The van der Waals surface area contributed by atoms with E-state index in [-0.39, 0.29) is 0 Å². The lowest BCUT2D eigenvalue weighted by Gasteiger charge is -2.10. The second-order valence-electron chi connectivity index (χ2n) is 3.39. The summed E-state index contributed by atoms with van der Waals surface area (Å²) < 4.78 is 5.08. The third-order valence-corrected chi connectivity index (χ3v) is 3.36. The molecule has 0 amide bonds. The van der Waals surface area contributed by atoms with E-state index in [9.17, 15) is 4.79 Å². The van der Waals surface area contributed by atoms with Gasteiger partial charge in [0.1, 0.15) is 0 Å². The van der Waals surface area contributed by atoms with Crippen LogP contribution >= 0.6 is 11.5 Å². The first-order chi connectivity index (χ1) is 7.24. The molecule has 0 aliphatic rings. The SMILES string of the molecule is CCC(C(=O)O)c1cccc2cnsc12. The average Bonchev–Trinajstić information content (AvgIpc) is 2.66. The summed E-state index contributed by atoms with van der Waals surface area (Å²) in [7, 11) is 0. The summed E-state index contributed by atoms with van der Waals surface area (Å²) in [6, 6.07) is 5.72. The number of nitrogens with zero attached hydrogens (tertiary/aromatic N) is 1. The van der Waals surface area contributed by atoms with Crippen molar-refractivity contribution in [2.45, 2.75) is 19.3 Å². The molecule has 1 heterocycles. The third kappa shape index (κ3) is 1.72. The maximum Gasteiger partial charge on any atom is 0.311 e. The maximum absolute atomic E-state index is 11.1. The van der Waals surface area contributed by atoms with Gasteiger partial charge in [-0.1, -0.05) is 25.1 Å². The van der Waals surface area contributed by atoms with Crippen molar-refractivity contribution in [3.63, 3.8) is 0 Å². The zero-order chi connectivity index (χ0) is 10.8. The molecular weight excluding hydrogens is 210 g/mol. The number of fused-ring (bicyclic) bond motifs is 1. The highest BCUT2D eigenvalue weighted by atomic mass is 32.1. The second-order valence-corrected chi connectivity index (χ2v) is 4.19. The molecule has 0 saturated heterocycles. The first-order valence-electron chi connectivity index (χ1n) is 4.80. The molecule has 0 saturated carbocycles. The highest BCUT2D eigenvalue weighted by molar-refractivity contribution is 7.13. The Kier molecular flexibility index (Phi) is 2.68.